The molecule has 0 N–H and O–H groups in total. The largest absolute Gasteiger partial charge is 0.208 e. The first kappa shape index (κ1) is 35.9. The normalized spacial score (nSPS) is 16.8. The smallest absolute Gasteiger partial charge is 0.164 e. The third-order valence-corrected chi connectivity index (χ3v) is 13.1. The van der Waals surface area contributed by atoms with Crippen molar-refractivity contribution in [1.82, 2.24) is 15.0 Å². The molecule has 2 aliphatic rings. The summed E-state index contributed by atoms with van der Waals surface area (Å²) in [6, 6.07) is 85.5. The van der Waals surface area contributed by atoms with Crippen molar-refractivity contribution < 1.29 is 0 Å². The summed E-state index contributed by atoms with van der Waals surface area (Å²) in [5, 5.41) is 0. The van der Waals surface area contributed by atoms with Crippen LogP contribution in [0.4, 0.5) is 0 Å². The van der Waals surface area contributed by atoms with E-state index in [9.17, 15) is 0 Å². The van der Waals surface area contributed by atoms with Crippen molar-refractivity contribution in [2.45, 2.75) is 10.8 Å². The molecule has 0 fully saturated rings. The maximum atomic E-state index is 5.16. The van der Waals surface area contributed by atoms with Gasteiger partial charge in [-0.3, -0.25) is 0 Å². The van der Waals surface area contributed by atoms with Gasteiger partial charge in [0, 0.05) is 16.7 Å². The fraction of sp³-hybridized carbons (Fsp3) is 0.0339. The number of hydrogen-bond acceptors (Lipinski definition) is 3. The highest BCUT2D eigenvalue weighted by Crippen LogP contribution is 2.65. The number of hydrogen-bond donors (Lipinski definition) is 0. The van der Waals surface area contributed by atoms with Crippen molar-refractivity contribution in [3.05, 3.63) is 281 Å². The van der Waals surface area contributed by atoms with E-state index in [0.29, 0.717) is 17.5 Å². The van der Waals surface area contributed by atoms with Crippen molar-refractivity contribution in [1.29, 1.82) is 0 Å². The topological polar surface area (TPSA) is 38.7 Å². The Labute approximate surface area is 361 Å². The van der Waals surface area contributed by atoms with Crippen molar-refractivity contribution in [3.63, 3.8) is 0 Å². The molecule has 12 rings (SSSR count). The van der Waals surface area contributed by atoms with Crippen LogP contribution in [0.5, 0.6) is 0 Å². The summed E-state index contributed by atoms with van der Waals surface area (Å²) in [6.07, 6.45) is 0. The van der Waals surface area contributed by atoms with Crippen molar-refractivity contribution in [2.24, 2.45) is 0 Å². The molecule has 2 unspecified atom stereocenters. The molecule has 62 heavy (non-hydrogen) atoms. The zero-order valence-corrected chi connectivity index (χ0v) is 33.9. The van der Waals surface area contributed by atoms with E-state index in [2.05, 4.69) is 212 Å². The summed E-state index contributed by atoms with van der Waals surface area (Å²) in [7, 11) is 0. The van der Waals surface area contributed by atoms with Gasteiger partial charge in [-0.05, 0) is 66.8 Å². The van der Waals surface area contributed by atoms with E-state index in [4.69, 9.17) is 15.0 Å². The highest BCUT2D eigenvalue weighted by atomic mass is 15.0. The van der Waals surface area contributed by atoms with Gasteiger partial charge in [0.05, 0.1) is 10.8 Å². The first-order valence-corrected chi connectivity index (χ1v) is 21.3. The number of aromatic nitrogens is 3. The number of rotatable bonds is 7. The van der Waals surface area contributed by atoms with Crippen LogP contribution in [0.25, 0.3) is 56.4 Å². The van der Waals surface area contributed by atoms with E-state index in [1.54, 1.807) is 0 Å². The van der Waals surface area contributed by atoms with Crippen LogP contribution in [0.1, 0.15) is 44.5 Å². The SMILES string of the molecule is c1ccc(-c2ccc(-c3nc(-c4ccccc4)nc(-c4ccc(C5(c6ccccc6)c6ccccc6C6(c7ccccc7)c7ccccc7-c7cccc5c76)cc4)n3)cc2)cc1. The van der Waals surface area contributed by atoms with E-state index < -0.39 is 10.8 Å². The minimum Gasteiger partial charge on any atom is -0.208 e. The Bertz CT molecular complexity index is 3260. The predicted molar refractivity (Wildman–Crippen MR) is 251 cm³/mol. The minimum absolute atomic E-state index is 0.493. The summed E-state index contributed by atoms with van der Waals surface area (Å²) in [5.74, 6) is 1.90. The molecule has 0 amide bonds. The summed E-state index contributed by atoms with van der Waals surface area (Å²) < 4.78 is 0. The van der Waals surface area contributed by atoms with Gasteiger partial charge in [-0.15, -0.1) is 0 Å². The molecule has 0 saturated carbocycles. The maximum absolute atomic E-state index is 5.16. The molecular weight excluding hydrogens is 751 g/mol. The third-order valence-electron chi connectivity index (χ3n) is 13.1. The molecule has 0 radical (unpaired) electrons. The molecule has 3 nitrogen and oxygen atoms in total. The summed E-state index contributed by atoms with van der Waals surface area (Å²) >= 11 is 0. The van der Waals surface area contributed by atoms with Crippen LogP contribution in [-0.4, -0.2) is 15.0 Å². The second-order valence-electron chi connectivity index (χ2n) is 16.2. The molecule has 0 aliphatic heterocycles. The molecule has 0 spiro atoms. The standard InChI is InChI=1S/C59H39N3/c1-5-18-40(19-6-1)41-32-34-43(35-33-41)56-60-55(42-20-7-2-8-21-42)61-57(62-56)44-36-38-47(39-37-44)58(45-22-9-3-10-23-45)51-29-15-16-30-52(51)59(46-24-11-4-12-25-46)50-28-14-13-26-48(50)49-27-17-31-53(58)54(49)59/h1-39H. The summed E-state index contributed by atoms with van der Waals surface area (Å²) in [5.41, 5.74) is 16.8. The molecule has 290 valence electrons. The molecule has 2 aliphatic carbocycles. The Morgan fingerprint density at radius 3 is 1.16 bits per heavy atom. The quantitative estimate of drug-likeness (QED) is 0.161. The predicted octanol–water partition coefficient (Wildman–Crippen LogP) is 13.6. The van der Waals surface area contributed by atoms with Gasteiger partial charge in [-0.25, -0.2) is 15.0 Å². The van der Waals surface area contributed by atoms with Crippen molar-refractivity contribution in [2.75, 3.05) is 0 Å². The van der Waals surface area contributed by atoms with Gasteiger partial charge < -0.3 is 0 Å². The van der Waals surface area contributed by atoms with Gasteiger partial charge in [0.25, 0.3) is 0 Å². The average Bonchev–Trinajstić information content (AvgIpc) is 3.67. The highest BCUT2D eigenvalue weighted by molar-refractivity contribution is 5.91. The van der Waals surface area contributed by atoms with Crippen molar-refractivity contribution in [3.8, 4) is 56.4 Å². The Balaban J connectivity index is 1.07. The summed E-state index contributed by atoms with van der Waals surface area (Å²) in [4.78, 5) is 15.3. The summed E-state index contributed by atoms with van der Waals surface area (Å²) in [6.45, 7) is 0. The lowest BCUT2D eigenvalue weighted by Gasteiger charge is -2.49. The van der Waals surface area contributed by atoms with Gasteiger partial charge in [0.2, 0.25) is 0 Å². The lowest BCUT2D eigenvalue weighted by atomic mass is 9.52. The molecule has 0 saturated heterocycles. The first-order valence-electron chi connectivity index (χ1n) is 21.3. The van der Waals surface area contributed by atoms with Crippen molar-refractivity contribution >= 4 is 0 Å². The fourth-order valence-corrected chi connectivity index (χ4v) is 10.5. The first-order chi connectivity index (χ1) is 30.7. The van der Waals surface area contributed by atoms with Crippen LogP contribution in [-0.2, 0) is 10.8 Å². The Morgan fingerprint density at radius 2 is 0.581 bits per heavy atom. The number of benzene rings is 9. The van der Waals surface area contributed by atoms with Gasteiger partial charge in [0.1, 0.15) is 0 Å². The van der Waals surface area contributed by atoms with Gasteiger partial charge in [-0.2, -0.15) is 0 Å². The molecular formula is C59H39N3. The zero-order valence-electron chi connectivity index (χ0n) is 33.9. The zero-order chi connectivity index (χ0) is 41.1. The lowest BCUT2D eigenvalue weighted by Crippen LogP contribution is -2.44. The minimum atomic E-state index is -0.637. The number of nitrogens with zero attached hydrogens (tertiary/aromatic N) is 3. The van der Waals surface area contributed by atoms with Gasteiger partial charge in [0.15, 0.2) is 17.5 Å². The molecule has 9 aromatic carbocycles. The fourth-order valence-electron chi connectivity index (χ4n) is 10.5. The van der Waals surface area contributed by atoms with Crippen LogP contribution in [0.15, 0.2) is 237 Å². The second-order valence-corrected chi connectivity index (χ2v) is 16.2. The van der Waals surface area contributed by atoms with Gasteiger partial charge >= 0.3 is 0 Å². The van der Waals surface area contributed by atoms with Crippen LogP contribution >= 0.6 is 0 Å². The third kappa shape index (κ3) is 5.28. The van der Waals surface area contributed by atoms with E-state index in [1.165, 1.54) is 61.2 Å². The van der Waals surface area contributed by atoms with Gasteiger partial charge in [-0.1, -0.05) is 237 Å². The van der Waals surface area contributed by atoms with E-state index >= 15 is 0 Å². The second kappa shape index (κ2) is 14.3. The molecule has 10 aromatic rings. The number of fused-ring (bicyclic) bond motifs is 5. The van der Waals surface area contributed by atoms with E-state index in [0.717, 1.165) is 22.3 Å². The van der Waals surface area contributed by atoms with Crippen LogP contribution in [0, 0.1) is 0 Å². The molecule has 1 aromatic heterocycles. The Kier molecular flexibility index (Phi) is 8.29. The molecule has 0 bridgehead atoms. The van der Waals surface area contributed by atoms with Crippen LogP contribution in [0.3, 0.4) is 0 Å². The lowest BCUT2D eigenvalue weighted by molar-refractivity contribution is 0.627. The van der Waals surface area contributed by atoms with E-state index in [-0.39, 0.29) is 0 Å². The van der Waals surface area contributed by atoms with E-state index in [1.807, 2.05) is 24.3 Å². The Morgan fingerprint density at radius 1 is 0.226 bits per heavy atom. The highest BCUT2D eigenvalue weighted by Gasteiger charge is 2.57. The van der Waals surface area contributed by atoms with Crippen LogP contribution < -0.4 is 0 Å². The maximum Gasteiger partial charge on any atom is 0.164 e. The average molecular weight is 790 g/mol. The molecule has 2 atom stereocenters. The molecule has 1 heterocycles. The Hall–Kier alpha value is -8.01. The molecule has 3 heteroatoms. The monoisotopic (exact) mass is 789 g/mol. The van der Waals surface area contributed by atoms with Crippen LogP contribution in [0.2, 0.25) is 0 Å².